The summed E-state index contributed by atoms with van der Waals surface area (Å²) in [5.41, 5.74) is 8.05. The summed E-state index contributed by atoms with van der Waals surface area (Å²) in [5, 5.41) is 4.61. The summed E-state index contributed by atoms with van der Waals surface area (Å²) in [4.78, 5) is 2.55. The first kappa shape index (κ1) is 12.6. The Balaban J connectivity index is 2.10. The fourth-order valence-corrected chi connectivity index (χ4v) is 2.64. The van der Waals surface area contributed by atoms with Gasteiger partial charge in [0, 0.05) is 32.1 Å². The van der Waals surface area contributed by atoms with E-state index in [2.05, 4.69) is 29.9 Å². The van der Waals surface area contributed by atoms with Crippen LogP contribution >= 0.6 is 0 Å². The van der Waals surface area contributed by atoms with Crippen LogP contribution in [0.2, 0.25) is 0 Å². The van der Waals surface area contributed by atoms with E-state index in [-0.39, 0.29) is 0 Å². The molecule has 4 heteroatoms. The van der Waals surface area contributed by atoms with Gasteiger partial charge in [0.1, 0.15) is 0 Å². The molecular formula is C13H24N4. The lowest BCUT2D eigenvalue weighted by molar-refractivity contribution is 0.166. The Morgan fingerprint density at radius 2 is 2.29 bits per heavy atom. The van der Waals surface area contributed by atoms with Gasteiger partial charge in [-0.3, -0.25) is 4.68 Å². The normalized spacial score (nSPS) is 22.3. The van der Waals surface area contributed by atoms with Crippen molar-refractivity contribution in [2.75, 3.05) is 13.1 Å². The third-order valence-electron chi connectivity index (χ3n) is 3.81. The number of likely N-dealkylation sites (tertiary alicyclic amines) is 1. The van der Waals surface area contributed by atoms with Gasteiger partial charge in [-0.2, -0.15) is 5.10 Å². The van der Waals surface area contributed by atoms with Crippen molar-refractivity contribution in [1.82, 2.24) is 14.7 Å². The van der Waals surface area contributed by atoms with Crippen LogP contribution in [0, 0.1) is 0 Å². The molecule has 1 unspecified atom stereocenters. The van der Waals surface area contributed by atoms with E-state index < -0.39 is 0 Å². The third-order valence-corrected chi connectivity index (χ3v) is 3.81. The van der Waals surface area contributed by atoms with Gasteiger partial charge in [0.05, 0.1) is 11.4 Å². The Bertz CT molecular complexity index is 369. The predicted molar refractivity (Wildman–Crippen MR) is 69.8 cm³/mol. The monoisotopic (exact) mass is 236 g/mol. The summed E-state index contributed by atoms with van der Waals surface area (Å²) >= 11 is 0. The minimum Gasteiger partial charge on any atom is -0.325 e. The smallest absolute Gasteiger partial charge is 0.0671 e. The molecule has 1 aromatic rings. The Labute approximate surface area is 104 Å². The van der Waals surface area contributed by atoms with E-state index in [4.69, 9.17) is 5.73 Å². The number of aryl methyl sites for hydroxylation is 1. The first-order valence-electron chi connectivity index (χ1n) is 6.58. The molecule has 1 saturated heterocycles. The predicted octanol–water partition coefficient (Wildman–Crippen LogP) is 1.47. The van der Waals surface area contributed by atoms with Gasteiger partial charge in [-0.25, -0.2) is 0 Å². The van der Waals surface area contributed by atoms with Crippen LogP contribution in [0.4, 0.5) is 0 Å². The van der Waals surface area contributed by atoms with Gasteiger partial charge in [-0.15, -0.1) is 0 Å². The van der Waals surface area contributed by atoms with E-state index in [1.54, 1.807) is 0 Å². The maximum Gasteiger partial charge on any atom is 0.0671 e. The molecule has 1 atom stereocenters. The molecule has 17 heavy (non-hydrogen) atoms. The van der Waals surface area contributed by atoms with Crippen LogP contribution < -0.4 is 5.73 Å². The summed E-state index contributed by atoms with van der Waals surface area (Å²) in [6, 6.07) is 2.81. The molecule has 1 aromatic heterocycles. The zero-order valence-corrected chi connectivity index (χ0v) is 11.2. The highest BCUT2D eigenvalue weighted by Crippen LogP contribution is 2.27. The second kappa shape index (κ2) is 5.19. The van der Waals surface area contributed by atoms with Crippen LogP contribution in [-0.2, 0) is 13.6 Å². The van der Waals surface area contributed by atoms with Crippen LogP contribution in [0.1, 0.15) is 44.0 Å². The number of nitrogens with zero attached hydrogens (tertiary/aromatic N) is 3. The summed E-state index contributed by atoms with van der Waals surface area (Å²) in [6.45, 7) is 7.48. The van der Waals surface area contributed by atoms with Gasteiger partial charge in [0.15, 0.2) is 0 Å². The molecule has 0 aromatic carbocycles. The van der Waals surface area contributed by atoms with Crippen molar-refractivity contribution in [2.45, 2.75) is 45.2 Å². The fourth-order valence-electron chi connectivity index (χ4n) is 2.64. The quantitative estimate of drug-likeness (QED) is 0.864. The minimum absolute atomic E-state index is 0.574. The van der Waals surface area contributed by atoms with Crippen LogP contribution in [0.15, 0.2) is 6.07 Å². The van der Waals surface area contributed by atoms with Crippen molar-refractivity contribution >= 4 is 0 Å². The molecule has 1 fully saturated rings. The molecule has 0 amide bonds. The second-order valence-corrected chi connectivity index (χ2v) is 5.32. The van der Waals surface area contributed by atoms with Crippen LogP contribution in [0.5, 0.6) is 0 Å². The van der Waals surface area contributed by atoms with Gasteiger partial charge in [0.2, 0.25) is 0 Å². The summed E-state index contributed by atoms with van der Waals surface area (Å²) in [6.07, 6.45) is 2.53. The highest BCUT2D eigenvalue weighted by atomic mass is 15.3. The Morgan fingerprint density at radius 3 is 2.88 bits per heavy atom. The highest BCUT2D eigenvalue weighted by Gasteiger charge is 2.24. The molecule has 0 bridgehead atoms. The molecule has 96 valence electrons. The van der Waals surface area contributed by atoms with Crippen molar-refractivity contribution in [3.63, 3.8) is 0 Å². The largest absolute Gasteiger partial charge is 0.325 e. The summed E-state index contributed by atoms with van der Waals surface area (Å²) < 4.78 is 1.92. The molecule has 2 heterocycles. The van der Waals surface area contributed by atoms with E-state index in [1.807, 2.05) is 11.7 Å². The van der Waals surface area contributed by atoms with Gasteiger partial charge in [-0.1, -0.05) is 0 Å². The van der Waals surface area contributed by atoms with E-state index in [1.165, 1.54) is 25.1 Å². The lowest BCUT2D eigenvalue weighted by atomic mass is 9.94. The van der Waals surface area contributed by atoms with Crippen molar-refractivity contribution in [3.8, 4) is 0 Å². The zero-order valence-electron chi connectivity index (χ0n) is 11.2. The van der Waals surface area contributed by atoms with Gasteiger partial charge >= 0.3 is 0 Å². The fraction of sp³-hybridized carbons (Fsp3) is 0.769. The molecule has 0 spiro atoms. The SMILES string of the molecule is CC(C)N1CCCC(c2cc(CN)n(C)n2)C1. The maximum atomic E-state index is 5.70. The average molecular weight is 236 g/mol. The first-order chi connectivity index (χ1) is 8.11. The average Bonchev–Trinajstić information content (AvgIpc) is 2.71. The third kappa shape index (κ3) is 2.69. The van der Waals surface area contributed by atoms with Crippen LogP contribution in [-0.4, -0.2) is 33.8 Å². The van der Waals surface area contributed by atoms with Crippen molar-refractivity contribution in [1.29, 1.82) is 0 Å². The zero-order chi connectivity index (χ0) is 12.4. The molecule has 0 radical (unpaired) electrons. The Hall–Kier alpha value is -0.870. The van der Waals surface area contributed by atoms with Crippen molar-refractivity contribution in [2.24, 2.45) is 12.8 Å². The first-order valence-corrected chi connectivity index (χ1v) is 6.58. The summed E-state index contributed by atoms with van der Waals surface area (Å²) in [7, 11) is 1.98. The van der Waals surface area contributed by atoms with E-state index in [0.29, 0.717) is 18.5 Å². The number of hydrogen-bond acceptors (Lipinski definition) is 3. The lowest BCUT2D eigenvalue weighted by Gasteiger charge is -2.34. The number of rotatable bonds is 3. The molecule has 4 nitrogen and oxygen atoms in total. The van der Waals surface area contributed by atoms with Gasteiger partial charge in [-0.05, 0) is 39.3 Å². The summed E-state index contributed by atoms with van der Waals surface area (Å²) in [5.74, 6) is 0.581. The van der Waals surface area contributed by atoms with Crippen molar-refractivity contribution < 1.29 is 0 Å². The van der Waals surface area contributed by atoms with Crippen LogP contribution in [0.25, 0.3) is 0 Å². The number of nitrogens with two attached hydrogens (primary N) is 1. The number of piperidine rings is 1. The van der Waals surface area contributed by atoms with Crippen LogP contribution in [0.3, 0.4) is 0 Å². The van der Waals surface area contributed by atoms with E-state index in [9.17, 15) is 0 Å². The molecule has 0 saturated carbocycles. The van der Waals surface area contributed by atoms with Gasteiger partial charge < -0.3 is 10.6 Å². The molecule has 0 aliphatic carbocycles. The number of aromatic nitrogens is 2. The van der Waals surface area contributed by atoms with E-state index in [0.717, 1.165) is 12.2 Å². The molecule has 2 rings (SSSR count). The molecule has 1 aliphatic heterocycles. The highest BCUT2D eigenvalue weighted by molar-refractivity contribution is 5.15. The minimum atomic E-state index is 0.574. The van der Waals surface area contributed by atoms with Crippen molar-refractivity contribution in [3.05, 3.63) is 17.5 Å². The Morgan fingerprint density at radius 1 is 1.53 bits per heavy atom. The molecule has 2 N–H and O–H groups in total. The molecular weight excluding hydrogens is 212 g/mol. The maximum absolute atomic E-state index is 5.70. The second-order valence-electron chi connectivity index (χ2n) is 5.32. The number of hydrogen-bond donors (Lipinski definition) is 1. The standard InChI is InChI=1S/C13H24N4/c1-10(2)17-6-4-5-11(9-17)13-7-12(8-14)16(3)15-13/h7,10-11H,4-6,8-9,14H2,1-3H3. The van der Waals surface area contributed by atoms with Gasteiger partial charge in [0.25, 0.3) is 0 Å². The topological polar surface area (TPSA) is 47.1 Å². The Kier molecular flexibility index (Phi) is 3.84. The van der Waals surface area contributed by atoms with E-state index >= 15 is 0 Å². The molecule has 1 aliphatic rings. The lowest BCUT2D eigenvalue weighted by Crippen LogP contribution is -2.39.